The zero-order valence-electron chi connectivity index (χ0n) is 11.9. The molecular weight excluding hydrogens is 258 g/mol. The number of nitrogens with one attached hydrogen (secondary N) is 1. The van der Waals surface area contributed by atoms with Crippen LogP contribution in [0.25, 0.3) is 6.08 Å². The zero-order chi connectivity index (χ0) is 15.0. The number of hydrogen-bond donors (Lipinski definition) is 1. The van der Waals surface area contributed by atoms with Gasteiger partial charge >= 0.3 is 5.97 Å². The Balaban J connectivity index is 2.56. The molecule has 0 aliphatic carbocycles. The first-order valence-corrected chi connectivity index (χ1v) is 6.37. The third-order valence-electron chi connectivity index (χ3n) is 2.52. The lowest BCUT2D eigenvalue weighted by Gasteiger charge is -2.10. The minimum absolute atomic E-state index is 0.310. The van der Waals surface area contributed by atoms with Gasteiger partial charge in [-0.05, 0) is 37.6 Å². The normalized spacial score (nSPS) is 11.9. The molecule has 0 heterocycles. The van der Waals surface area contributed by atoms with E-state index in [0.717, 1.165) is 5.56 Å². The molecule has 0 aromatic heterocycles. The summed E-state index contributed by atoms with van der Waals surface area (Å²) in [6.45, 7) is 3.83. The molecule has 0 radical (unpaired) electrons. The number of methoxy groups -OCH3 is 1. The number of benzene rings is 1. The Morgan fingerprint density at radius 1 is 1.40 bits per heavy atom. The average molecular weight is 277 g/mol. The van der Waals surface area contributed by atoms with Crippen LogP contribution in [0.3, 0.4) is 0 Å². The van der Waals surface area contributed by atoms with Gasteiger partial charge in [0.1, 0.15) is 5.75 Å². The summed E-state index contributed by atoms with van der Waals surface area (Å²) in [5.74, 6) is -0.168. The lowest BCUT2D eigenvalue weighted by molar-refractivity contribution is -0.150. The Bertz CT molecular complexity index is 496. The van der Waals surface area contributed by atoms with Crippen molar-refractivity contribution in [1.29, 1.82) is 0 Å². The van der Waals surface area contributed by atoms with Crippen molar-refractivity contribution >= 4 is 18.0 Å². The van der Waals surface area contributed by atoms with Crippen LogP contribution in [-0.4, -0.2) is 31.6 Å². The van der Waals surface area contributed by atoms with Crippen LogP contribution in [0.2, 0.25) is 0 Å². The van der Waals surface area contributed by atoms with E-state index in [9.17, 15) is 9.59 Å². The van der Waals surface area contributed by atoms with Gasteiger partial charge < -0.3 is 14.8 Å². The van der Waals surface area contributed by atoms with E-state index < -0.39 is 12.1 Å². The molecule has 1 N–H and O–H groups in total. The lowest BCUT2D eigenvalue weighted by atomic mass is 10.2. The van der Waals surface area contributed by atoms with Gasteiger partial charge in [0.05, 0.1) is 7.11 Å². The van der Waals surface area contributed by atoms with Crippen LogP contribution >= 0.6 is 0 Å². The molecule has 0 unspecified atom stereocenters. The zero-order valence-corrected chi connectivity index (χ0v) is 11.9. The molecule has 0 spiro atoms. The molecule has 5 heteroatoms. The molecule has 0 fully saturated rings. The van der Waals surface area contributed by atoms with E-state index in [-0.39, 0.29) is 5.91 Å². The van der Waals surface area contributed by atoms with Crippen molar-refractivity contribution in [3.05, 3.63) is 35.9 Å². The van der Waals surface area contributed by atoms with Gasteiger partial charge in [-0.1, -0.05) is 12.1 Å². The number of carbonyl (C=O) groups is 2. The number of rotatable bonds is 6. The van der Waals surface area contributed by atoms with Crippen molar-refractivity contribution in [3.63, 3.8) is 0 Å². The molecule has 0 aliphatic rings. The fraction of sp³-hybridized carbons (Fsp3) is 0.333. The van der Waals surface area contributed by atoms with Gasteiger partial charge in [-0.25, -0.2) is 4.79 Å². The van der Waals surface area contributed by atoms with E-state index in [1.54, 1.807) is 26.2 Å². The summed E-state index contributed by atoms with van der Waals surface area (Å²) in [7, 11) is 1.57. The van der Waals surface area contributed by atoms with Crippen molar-refractivity contribution in [2.75, 3.05) is 13.7 Å². The Morgan fingerprint density at radius 3 is 2.80 bits per heavy atom. The molecule has 0 bridgehead atoms. The second kappa shape index (κ2) is 7.99. The maximum atomic E-state index is 11.6. The molecule has 0 saturated carbocycles. The molecule has 0 aliphatic heterocycles. The van der Waals surface area contributed by atoms with E-state index in [1.165, 1.54) is 13.0 Å². The van der Waals surface area contributed by atoms with Crippen LogP contribution in [0.1, 0.15) is 19.4 Å². The van der Waals surface area contributed by atoms with E-state index in [0.29, 0.717) is 12.3 Å². The van der Waals surface area contributed by atoms with Crippen LogP contribution in [-0.2, 0) is 14.3 Å². The topological polar surface area (TPSA) is 64.6 Å². The first kappa shape index (κ1) is 15.8. The molecule has 1 atom stereocenters. The SMILES string of the molecule is CCNC(=O)[C@@H](C)OC(=O)/C=C/c1cccc(OC)c1. The van der Waals surface area contributed by atoms with Gasteiger partial charge in [-0.2, -0.15) is 0 Å². The quantitative estimate of drug-likeness (QED) is 0.636. The summed E-state index contributed by atoms with van der Waals surface area (Å²) in [5.41, 5.74) is 0.812. The second-order valence-electron chi connectivity index (χ2n) is 4.08. The number of ether oxygens (including phenoxy) is 2. The summed E-state index contributed by atoms with van der Waals surface area (Å²) in [6.07, 6.45) is 2.08. The van der Waals surface area contributed by atoms with Crippen molar-refractivity contribution in [2.24, 2.45) is 0 Å². The highest BCUT2D eigenvalue weighted by molar-refractivity contribution is 5.90. The third kappa shape index (κ3) is 5.14. The molecule has 1 aromatic rings. The molecule has 108 valence electrons. The highest BCUT2D eigenvalue weighted by atomic mass is 16.5. The molecule has 1 amide bonds. The van der Waals surface area contributed by atoms with Gasteiger partial charge in [-0.15, -0.1) is 0 Å². The van der Waals surface area contributed by atoms with Crippen LogP contribution in [0.4, 0.5) is 0 Å². The molecule has 20 heavy (non-hydrogen) atoms. The van der Waals surface area contributed by atoms with E-state index in [4.69, 9.17) is 9.47 Å². The summed E-state index contributed by atoms with van der Waals surface area (Å²) in [6, 6.07) is 7.25. The van der Waals surface area contributed by atoms with Gasteiger partial charge in [-0.3, -0.25) is 4.79 Å². The predicted molar refractivity (Wildman–Crippen MR) is 76.3 cm³/mol. The van der Waals surface area contributed by atoms with Crippen molar-refractivity contribution < 1.29 is 19.1 Å². The van der Waals surface area contributed by atoms with Crippen molar-refractivity contribution in [2.45, 2.75) is 20.0 Å². The number of hydrogen-bond acceptors (Lipinski definition) is 4. The van der Waals surface area contributed by atoms with Crippen LogP contribution in [0.15, 0.2) is 30.3 Å². The third-order valence-corrected chi connectivity index (χ3v) is 2.52. The van der Waals surface area contributed by atoms with Crippen LogP contribution < -0.4 is 10.1 Å². The Morgan fingerprint density at radius 2 is 2.15 bits per heavy atom. The lowest BCUT2D eigenvalue weighted by Crippen LogP contribution is -2.35. The van der Waals surface area contributed by atoms with Gasteiger partial charge in [0.15, 0.2) is 6.10 Å². The first-order chi connectivity index (χ1) is 9.56. The number of esters is 1. The molecule has 1 rings (SSSR count). The van der Waals surface area contributed by atoms with Crippen LogP contribution in [0, 0.1) is 0 Å². The summed E-state index contributed by atoms with van der Waals surface area (Å²) in [5, 5.41) is 2.58. The predicted octanol–water partition coefficient (Wildman–Crippen LogP) is 1.78. The maximum absolute atomic E-state index is 11.6. The Hall–Kier alpha value is -2.30. The second-order valence-corrected chi connectivity index (χ2v) is 4.08. The van der Waals surface area contributed by atoms with E-state index in [2.05, 4.69) is 5.32 Å². The molecular formula is C15H19NO4. The summed E-state index contributed by atoms with van der Waals surface area (Å²) >= 11 is 0. The fourth-order valence-electron chi connectivity index (χ4n) is 1.49. The highest BCUT2D eigenvalue weighted by Crippen LogP contribution is 2.13. The van der Waals surface area contributed by atoms with Crippen LogP contribution in [0.5, 0.6) is 5.75 Å². The number of likely N-dealkylation sites (N-methyl/N-ethyl adjacent to an activating group) is 1. The Labute approximate surface area is 118 Å². The molecule has 1 aromatic carbocycles. The minimum Gasteiger partial charge on any atom is -0.497 e. The van der Waals surface area contributed by atoms with Gasteiger partial charge in [0, 0.05) is 12.6 Å². The van der Waals surface area contributed by atoms with E-state index in [1.807, 2.05) is 18.2 Å². The monoisotopic (exact) mass is 277 g/mol. The standard InChI is InChI=1S/C15H19NO4/c1-4-16-15(18)11(2)20-14(17)9-8-12-6-5-7-13(10-12)19-3/h5-11H,4H2,1-3H3,(H,16,18)/b9-8+/t11-/m1/s1. The molecule has 5 nitrogen and oxygen atoms in total. The summed E-state index contributed by atoms with van der Waals surface area (Å²) in [4.78, 5) is 23.0. The smallest absolute Gasteiger partial charge is 0.331 e. The van der Waals surface area contributed by atoms with Crippen molar-refractivity contribution in [3.8, 4) is 5.75 Å². The van der Waals surface area contributed by atoms with Gasteiger partial charge in [0.2, 0.25) is 0 Å². The Kier molecular flexibility index (Phi) is 6.29. The maximum Gasteiger partial charge on any atom is 0.331 e. The van der Waals surface area contributed by atoms with Crippen molar-refractivity contribution in [1.82, 2.24) is 5.32 Å². The number of carbonyl (C=O) groups excluding carboxylic acids is 2. The fourth-order valence-corrected chi connectivity index (χ4v) is 1.49. The average Bonchev–Trinajstić information content (AvgIpc) is 2.45. The van der Waals surface area contributed by atoms with Gasteiger partial charge in [0.25, 0.3) is 5.91 Å². The first-order valence-electron chi connectivity index (χ1n) is 6.37. The molecule has 0 saturated heterocycles. The number of amides is 1. The largest absolute Gasteiger partial charge is 0.497 e. The summed E-state index contributed by atoms with van der Waals surface area (Å²) < 4.78 is 10.1. The highest BCUT2D eigenvalue weighted by Gasteiger charge is 2.14. The van der Waals surface area contributed by atoms with E-state index >= 15 is 0 Å². The minimum atomic E-state index is -0.808.